The smallest absolute Gasteiger partial charge is 0.273 e. The third kappa shape index (κ3) is 3.09. The van der Waals surface area contributed by atoms with Gasteiger partial charge in [0, 0.05) is 12.7 Å². The van der Waals surface area contributed by atoms with Gasteiger partial charge in [-0.1, -0.05) is 6.92 Å². The van der Waals surface area contributed by atoms with Gasteiger partial charge >= 0.3 is 0 Å². The molecule has 1 amide bonds. The number of halogens is 1. The minimum absolute atomic E-state index is 0.300. The van der Waals surface area contributed by atoms with Gasteiger partial charge in [0.2, 0.25) is 0 Å². The highest BCUT2D eigenvalue weighted by Gasteiger charge is 2.13. The molecule has 2 heterocycles. The number of hydrogen-bond donors (Lipinski definition) is 2. The Kier molecular flexibility index (Phi) is 3.79. The predicted molar refractivity (Wildman–Crippen MR) is 71.3 cm³/mol. The lowest BCUT2D eigenvalue weighted by atomic mass is 10.3. The molecule has 100 valence electrons. The number of anilines is 2. The van der Waals surface area contributed by atoms with Crippen LogP contribution in [0.15, 0.2) is 30.6 Å². The highest BCUT2D eigenvalue weighted by Crippen LogP contribution is 2.13. The second-order valence-electron chi connectivity index (χ2n) is 4.17. The molecule has 2 aromatic rings. The van der Waals surface area contributed by atoms with Gasteiger partial charge in [0.1, 0.15) is 17.3 Å². The molecule has 0 spiro atoms. The highest BCUT2D eigenvalue weighted by molar-refractivity contribution is 6.03. The first-order valence-corrected chi connectivity index (χ1v) is 5.98. The summed E-state index contributed by atoms with van der Waals surface area (Å²) in [5, 5.41) is 2.60. The Bertz CT molecular complexity index is 577. The zero-order valence-electron chi connectivity index (χ0n) is 10.6. The van der Waals surface area contributed by atoms with Gasteiger partial charge in [0.25, 0.3) is 5.91 Å². The number of nitrogens with one attached hydrogen (secondary N) is 1. The van der Waals surface area contributed by atoms with Crippen LogP contribution < -0.4 is 11.1 Å². The number of nitrogens with zero attached hydrogens (tertiary/aromatic N) is 2. The molecular formula is C13H15FN4O. The molecule has 0 aliphatic rings. The van der Waals surface area contributed by atoms with Crippen molar-refractivity contribution in [2.45, 2.75) is 19.9 Å². The predicted octanol–water partition coefficient (Wildman–Crippen LogP) is 2.27. The number of hydrogen-bond acceptors (Lipinski definition) is 3. The molecular weight excluding hydrogens is 247 g/mol. The molecule has 0 radical (unpaired) electrons. The number of carbonyl (C=O) groups excluding carboxylic acids is 1. The molecule has 0 atom stereocenters. The molecule has 2 aromatic heterocycles. The van der Waals surface area contributed by atoms with Crippen molar-refractivity contribution in [3.05, 3.63) is 42.1 Å². The van der Waals surface area contributed by atoms with Gasteiger partial charge in [-0.15, -0.1) is 0 Å². The first-order valence-electron chi connectivity index (χ1n) is 5.98. The minimum atomic E-state index is -0.448. The van der Waals surface area contributed by atoms with Crippen LogP contribution in [0.25, 0.3) is 0 Å². The van der Waals surface area contributed by atoms with Gasteiger partial charge in [-0.3, -0.25) is 4.79 Å². The van der Waals surface area contributed by atoms with Crippen molar-refractivity contribution >= 4 is 17.4 Å². The zero-order valence-corrected chi connectivity index (χ0v) is 10.6. The fourth-order valence-electron chi connectivity index (χ4n) is 1.78. The SMILES string of the molecule is CCCn1cc(N)cc1C(=O)Nc1ccc(F)cn1. The second-order valence-corrected chi connectivity index (χ2v) is 4.17. The van der Waals surface area contributed by atoms with E-state index in [1.54, 1.807) is 16.8 Å². The van der Waals surface area contributed by atoms with Crippen molar-refractivity contribution in [3.63, 3.8) is 0 Å². The summed E-state index contributed by atoms with van der Waals surface area (Å²) in [6.07, 6.45) is 3.66. The molecule has 0 aliphatic heterocycles. The summed E-state index contributed by atoms with van der Waals surface area (Å²) in [6.45, 7) is 2.72. The summed E-state index contributed by atoms with van der Waals surface area (Å²) in [5.74, 6) is -0.463. The number of aryl methyl sites for hydroxylation is 1. The lowest BCUT2D eigenvalue weighted by molar-refractivity contribution is 0.101. The third-order valence-electron chi connectivity index (χ3n) is 2.58. The quantitative estimate of drug-likeness (QED) is 0.887. The molecule has 6 heteroatoms. The number of amides is 1. The first-order chi connectivity index (χ1) is 9.10. The van der Waals surface area contributed by atoms with E-state index in [1.165, 1.54) is 12.1 Å². The molecule has 19 heavy (non-hydrogen) atoms. The van der Waals surface area contributed by atoms with E-state index in [-0.39, 0.29) is 5.91 Å². The number of nitrogen functional groups attached to an aromatic ring is 1. The molecule has 0 bridgehead atoms. The van der Waals surface area contributed by atoms with Crippen LogP contribution in [0.2, 0.25) is 0 Å². The Morgan fingerprint density at radius 2 is 2.32 bits per heavy atom. The fraction of sp³-hybridized carbons (Fsp3) is 0.231. The molecule has 0 saturated heterocycles. The Labute approximate surface area is 110 Å². The highest BCUT2D eigenvalue weighted by atomic mass is 19.1. The maximum atomic E-state index is 12.7. The van der Waals surface area contributed by atoms with Crippen LogP contribution in [0.5, 0.6) is 0 Å². The van der Waals surface area contributed by atoms with E-state index in [2.05, 4.69) is 10.3 Å². The van der Waals surface area contributed by atoms with Gasteiger partial charge in [-0.05, 0) is 24.6 Å². The normalized spacial score (nSPS) is 10.4. The van der Waals surface area contributed by atoms with Crippen molar-refractivity contribution in [2.24, 2.45) is 0 Å². The molecule has 0 saturated carbocycles. The maximum Gasteiger partial charge on any atom is 0.273 e. The Morgan fingerprint density at radius 3 is 2.95 bits per heavy atom. The van der Waals surface area contributed by atoms with Crippen LogP contribution in [-0.2, 0) is 6.54 Å². The van der Waals surface area contributed by atoms with E-state index in [0.717, 1.165) is 12.6 Å². The monoisotopic (exact) mass is 262 g/mol. The van der Waals surface area contributed by atoms with E-state index in [9.17, 15) is 9.18 Å². The molecule has 0 aliphatic carbocycles. The van der Waals surface area contributed by atoms with E-state index >= 15 is 0 Å². The van der Waals surface area contributed by atoms with Crippen molar-refractivity contribution in [3.8, 4) is 0 Å². The molecule has 5 nitrogen and oxygen atoms in total. The first kappa shape index (κ1) is 13.1. The van der Waals surface area contributed by atoms with Crippen LogP contribution in [0, 0.1) is 5.82 Å². The molecule has 0 aromatic carbocycles. The number of pyridine rings is 1. The van der Waals surface area contributed by atoms with Crippen LogP contribution in [0.4, 0.5) is 15.9 Å². The average Bonchev–Trinajstić information content (AvgIpc) is 2.74. The lowest BCUT2D eigenvalue weighted by Crippen LogP contribution is -2.17. The minimum Gasteiger partial charge on any atom is -0.397 e. The number of aromatic nitrogens is 2. The Morgan fingerprint density at radius 1 is 1.53 bits per heavy atom. The number of nitrogens with two attached hydrogens (primary N) is 1. The van der Waals surface area contributed by atoms with E-state index in [4.69, 9.17) is 5.73 Å². The van der Waals surface area contributed by atoms with Crippen LogP contribution >= 0.6 is 0 Å². The summed E-state index contributed by atoms with van der Waals surface area (Å²) in [7, 11) is 0. The third-order valence-corrected chi connectivity index (χ3v) is 2.58. The molecule has 0 unspecified atom stereocenters. The zero-order chi connectivity index (χ0) is 13.8. The van der Waals surface area contributed by atoms with Crippen molar-refractivity contribution in [1.82, 2.24) is 9.55 Å². The summed E-state index contributed by atoms with van der Waals surface area (Å²) < 4.78 is 14.5. The molecule has 2 rings (SSSR count). The summed E-state index contributed by atoms with van der Waals surface area (Å²) in [4.78, 5) is 15.9. The summed E-state index contributed by atoms with van der Waals surface area (Å²) in [5.41, 5.74) is 6.69. The summed E-state index contributed by atoms with van der Waals surface area (Å²) >= 11 is 0. The Balaban J connectivity index is 2.17. The van der Waals surface area contributed by atoms with Crippen molar-refractivity contribution < 1.29 is 9.18 Å². The molecule has 0 fully saturated rings. The van der Waals surface area contributed by atoms with Gasteiger partial charge < -0.3 is 15.6 Å². The fourth-order valence-corrected chi connectivity index (χ4v) is 1.78. The second kappa shape index (κ2) is 5.51. The number of rotatable bonds is 4. The van der Waals surface area contributed by atoms with Gasteiger partial charge in [0.15, 0.2) is 0 Å². The van der Waals surface area contributed by atoms with Crippen LogP contribution in [0.3, 0.4) is 0 Å². The maximum absolute atomic E-state index is 12.7. The lowest BCUT2D eigenvalue weighted by Gasteiger charge is -2.07. The van der Waals surface area contributed by atoms with Gasteiger partial charge in [-0.2, -0.15) is 0 Å². The van der Waals surface area contributed by atoms with E-state index in [0.29, 0.717) is 23.7 Å². The largest absolute Gasteiger partial charge is 0.397 e. The topological polar surface area (TPSA) is 72.9 Å². The van der Waals surface area contributed by atoms with E-state index in [1.807, 2.05) is 6.92 Å². The number of carbonyl (C=O) groups is 1. The summed E-state index contributed by atoms with van der Waals surface area (Å²) in [6, 6.07) is 4.25. The average molecular weight is 262 g/mol. The van der Waals surface area contributed by atoms with Crippen molar-refractivity contribution in [2.75, 3.05) is 11.1 Å². The van der Waals surface area contributed by atoms with Gasteiger partial charge in [0.05, 0.1) is 11.9 Å². The molecule has 3 N–H and O–H groups in total. The van der Waals surface area contributed by atoms with E-state index < -0.39 is 5.82 Å². The van der Waals surface area contributed by atoms with Gasteiger partial charge in [-0.25, -0.2) is 9.37 Å². The Hall–Kier alpha value is -2.37. The van der Waals surface area contributed by atoms with Crippen molar-refractivity contribution in [1.29, 1.82) is 0 Å². The van der Waals surface area contributed by atoms with Crippen LogP contribution in [0.1, 0.15) is 23.8 Å². The van der Waals surface area contributed by atoms with Crippen LogP contribution in [-0.4, -0.2) is 15.5 Å². The standard InChI is InChI=1S/C13H15FN4O/c1-2-5-18-8-10(15)6-11(18)13(19)17-12-4-3-9(14)7-16-12/h3-4,6-8H,2,5,15H2,1H3,(H,16,17,19).